The number of ketones is 2. The third-order valence-electron chi connectivity index (χ3n) is 3.57. The molecule has 0 radical (unpaired) electrons. The van der Waals surface area contributed by atoms with E-state index in [1.165, 1.54) is 23.3 Å². The van der Waals surface area contributed by atoms with Crippen LogP contribution in [0.4, 0.5) is 0 Å². The Morgan fingerprint density at radius 3 is 1.89 bits per heavy atom. The van der Waals surface area contributed by atoms with Gasteiger partial charge in [0.2, 0.25) is 0 Å². The summed E-state index contributed by atoms with van der Waals surface area (Å²) in [6.45, 7) is 0. The maximum absolute atomic E-state index is 12.2. The van der Waals surface area contributed by atoms with Crippen LogP contribution in [0.15, 0.2) is 47.6 Å². The van der Waals surface area contributed by atoms with Gasteiger partial charge in [-0.1, -0.05) is 24.3 Å². The Morgan fingerprint density at radius 2 is 1.33 bits per heavy atom. The number of hydrogen-bond acceptors (Lipinski definition) is 2. The summed E-state index contributed by atoms with van der Waals surface area (Å²) in [6, 6.07) is 8.43. The van der Waals surface area contributed by atoms with E-state index in [1.807, 2.05) is 0 Å². The van der Waals surface area contributed by atoms with Crippen molar-refractivity contribution in [1.29, 1.82) is 0 Å². The van der Waals surface area contributed by atoms with Crippen LogP contribution in [0.1, 0.15) is 24.0 Å². The van der Waals surface area contributed by atoms with E-state index in [2.05, 4.69) is 24.3 Å². The number of carbonyl (C=O) groups is 2. The van der Waals surface area contributed by atoms with Crippen molar-refractivity contribution in [3.8, 4) is 0 Å². The van der Waals surface area contributed by atoms with Crippen molar-refractivity contribution in [2.45, 2.75) is 25.7 Å². The van der Waals surface area contributed by atoms with E-state index in [0.29, 0.717) is 24.0 Å². The van der Waals surface area contributed by atoms with Crippen LogP contribution in [0.3, 0.4) is 0 Å². The molecule has 0 fully saturated rings. The standard InChI is InChI=1S/C16H14O2/c17-15-9-13-6-4-11-2-1-3-12(8-11)5-7-14(10-15)16(13)18/h1-3,8-10H,4-7H2. The first-order valence-corrected chi connectivity index (χ1v) is 6.30. The number of Topliss-reactive ketones (excluding diaryl/α,β-unsaturated/α-hetero) is 1. The van der Waals surface area contributed by atoms with E-state index in [9.17, 15) is 9.59 Å². The predicted octanol–water partition coefficient (Wildman–Crippen LogP) is 2.57. The zero-order chi connectivity index (χ0) is 12.5. The van der Waals surface area contributed by atoms with Crippen LogP contribution in [0.2, 0.25) is 0 Å². The van der Waals surface area contributed by atoms with E-state index in [-0.39, 0.29) is 11.6 Å². The van der Waals surface area contributed by atoms with E-state index >= 15 is 0 Å². The van der Waals surface area contributed by atoms with Crippen molar-refractivity contribution in [2.75, 3.05) is 0 Å². The van der Waals surface area contributed by atoms with Crippen LogP contribution in [0.5, 0.6) is 0 Å². The van der Waals surface area contributed by atoms with Crippen molar-refractivity contribution < 1.29 is 9.59 Å². The van der Waals surface area contributed by atoms with Crippen molar-refractivity contribution in [3.63, 3.8) is 0 Å². The summed E-state index contributed by atoms with van der Waals surface area (Å²) in [5.74, 6) is 0.0311. The lowest BCUT2D eigenvalue weighted by molar-refractivity contribution is -0.115. The molecule has 0 aromatic heterocycles. The Kier molecular flexibility index (Phi) is 2.71. The van der Waals surface area contributed by atoms with Gasteiger partial charge in [0, 0.05) is 11.1 Å². The molecule has 0 unspecified atom stereocenters. The van der Waals surface area contributed by atoms with Gasteiger partial charge < -0.3 is 0 Å². The molecule has 2 nitrogen and oxygen atoms in total. The monoisotopic (exact) mass is 238 g/mol. The minimum atomic E-state index is -0.0381. The molecule has 0 amide bonds. The number of aryl methyl sites for hydroxylation is 2. The van der Waals surface area contributed by atoms with Gasteiger partial charge in [-0.3, -0.25) is 9.59 Å². The SMILES string of the molecule is O=C1C=C2CCc3cccc(c3)CCC(=C1)C2=O. The molecule has 90 valence electrons. The highest BCUT2D eigenvalue weighted by Crippen LogP contribution is 2.24. The molecule has 1 aromatic carbocycles. The summed E-state index contributed by atoms with van der Waals surface area (Å²) in [5.41, 5.74) is 3.83. The Labute approximate surface area is 106 Å². The molecule has 0 N–H and O–H groups in total. The van der Waals surface area contributed by atoms with Gasteiger partial charge in [0.1, 0.15) is 0 Å². The molecule has 2 heteroatoms. The van der Waals surface area contributed by atoms with Crippen LogP contribution < -0.4 is 0 Å². The van der Waals surface area contributed by atoms with E-state index in [1.54, 1.807) is 0 Å². The van der Waals surface area contributed by atoms with Crippen LogP contribution in [-0.4, -0.2) is 11.6 Å². The minimum absolute atomic E-state index is 0.0381. The topological polar surface area (TPSA) is 34.1 Å². The second-order valence-corrected chi connectivity index (χ2v) is 4.89. The van der Waals surface area contributed by atoms with Gasteiger partial charge in [0.05, 0.1) is 0 Å². The second kappa shape index (κ2) is 4.37. The Hall–Kier alpha value is -1.96. The highest BCUT2D eigenvalue weighted by atomic mass is 16.1. The highest BCUT2D eigenvalue weighted by Gasteiger charge is 2.22. The Bertz CT molecular complexity index is 546. The number of hydrogen-bond donors (Lipinski definition) is 0. The van der Waals surface area contributed by atoms with Gasteiger partial charge in [0.15, 0.2) is 11.6 Å². The molecule has 1 aromatic rings. The first kappa shape index (κ1) is 11.1. The fraction of sp³-hybridized carbons (Fsp3) is 0.250. The molecule has 0 saturated carbocycles. The fourth-order valence-corrected chi connectivity index (χ4v) is 2.59. The summed E-state index contributed by atoms with van der Waals surface area (Å²) in [4.78, 5) is 23.7. The van der Waals surface area contributed by atoms with Gasteiger partial charge in [-0.25, -0.2) is 0 Å². The number of benzene rings is 1. The number of carbonyl (C=O) groups excluding carboxylic acids is 2. The molecule has 2 aliphatic rings. The average Bonchev–Trinajstić information content (AvgIpc) is 2.37. The summed E-state index contributed by atoms with van der Waals surface area (Å²) in [6.07, 6.45) is 5.96. The summed E-state index contributed by atoms with van der Waals surface area (Å²) < 4.78 is 0. The Balaban J connectivity index is 2.01. The quantitative estimate of drug-likeness (QED) is 0.651. The average molecular weight is 238 g/mol. The van der Waals surface area contributed by atoms with Crippen LogP contribution >= 0.6 is 0 Å². The molecule has 4 bridgehead atoms. The van der Waals surface area contributed by atoms with Gasteiger partial charge in [-0.2, -0.15) is 0 Å². The maximum atomic E-state index is 12.2. The van der Waals surface area contributed by atoms with Gasteiger partial charge in [-0.15, -0.1) is 0 Å². The third-order valence-corrected chi connectivity index (χ3v) is 3.57. The molecule has 18 heavy (non-hydrogen) atoms. The van der Waals surface area contributed by atoms with Crippen molar-refractivity contribution in [3.05, 3.63) is 58.7 Å². The lowest BCUT2D eigenvalue weighted by Gasteiger charge is -2.16. The summed E-state index contributed by atoms with van der Waals surface area (Å²) in [5, 5.41) is 0. The number of rotatable bonds is 0. The lowest BCUT2D eigenvalue weighted by Crippen LogP contribution is -2.16. The maximum Gasteiger partial charge on any atom is 0.185 e. The van der Waals surface area contributed by atoms with E-state index in [4.69, 9.17) is 0 Å². The predicted molar refractivity (Wildman–Crippen MR) is 69.3 cm³/mol. The van der Waals surface area contributed by atoms with E-state index in [0.717, 1.165) is 12.8 Å². The molecule has 0 heterocycles. The highest BCUT2D eigenvalue weighted by molar-refractivity contribution is 6.20. The van der Waals surface area contributed by atoms with Crippen LogP contribution in [-0.2, 0) is 22.4 Å². The third kappa shape index (κ3) is 2.06. The molecule has 0 spiro atoms. The van der Waals surface area contributed by atoms with Crippen molar-refractivity contribution in [2.24, 2.45) is 0 Å². The smallest absolute Gasteiger partial charge is 0.185 e. The largest absolute Gasteiger partial charge is 0.290 e. The summed E-state index contributed by atoms with van der Waals surface area (Å²) >= 11 is 0. The molecule has 2 aliphatic carbocycles. The molecule has 0 atom stereocenters. The zero-order valence-corrected chi connectivity index (χ0v) is 10.1. The van der Waals surface area contributed by atoms with Gasteiger partial charge in [0.25, 0.3) is 0 Å². The van der Waals surface area contributed by atoms with Crippen molar-refractivity contribution >= 4 is 11.6 Å². The van der Waals surface area contributed by atoms with Gasteiger partial charge in [-0.05, 0) is 49.0 Å². The first-order valence-electron chi connectivity index (χ1n) is 6.30. The van der Waals surface area contributed by atoms with Crippen LogP contribution in [0, 0.1) is 0 Å². The lowest BCUT2D eigenvalue weighted by atomic mass is 9.87. The molecule has 0 saturated heterocycles. The molecular weight excluding hydrogens is 224 g/mol. The number of allylic oxidation sites excluding steroid dienone is 4. The van der Waals surface area contributed by atoms with Crippen molar-refractivity contribution in [1.82, 2.24) is 0 Å². The molecular formula is C16H14O2. The van der Waals surface area contributed by atoms with E-state index < -0.39 is 0 Å². The number of fused-ring (bicyclic) bond motifs is 4. The molecule has 0 aliphatic heterocycles. The second-order valence-electron chi connectivity index (χ2n) is 4.89. The van der Waals surface area contributed by atoms with Gasteiger partial charge >= 0.3 is 0 Å². The molecule has 3 rings (SSSR count). The summed E-state index contributed by atoms with van der Waals surface area (Å²) in [7, 11) is 0. The Morgan fingerprint density at radius 1 is 0.778 bits per heavy atom. The fourth-order valence-electron chi connectivity index (χ4n) is 2.59. The van der Waals surface area contributed by atoms with Crippen LogP contribution in [0.25, 0.3) is 0 Å². The zero-order valence-electron chi connectivity index (χ0n) is 10.1. The first-order chi connectivity index (χ1) is 8.72. The minimum Gasteiger partial charge on any atom is -0.290 e. The normalized spacial score (nSPS) is 19.1.